The first kappa shape index (κ1) is 17.0. The molecular formula is C16H21N3O4. The van der Waals surface area contributed by atoms with E-state index in [0.717, 1.165) is 11.0 Å². The van der Waals surface area contributed by atoms with Crippen molar-refractivity contribution < 1.29 is 9.90 Å². The first-order chi connectivity index (χ1) is 11.0. The van der Waals surface area contributed by atoms with Crippen molar-refractivity contribution >= 4 is 16.8 Å². The second-order valence-corrected chi connectivity index (χ2v) is 5.61. The lowest BCUT2D eigenvalue weighted by molar-refractivity contribution is -0.123. The van der Waals surface area contributed by atoms with Crippen LogP contribution in [-0.2, 0) is 11.3 Å². The van der Waals surface area contributed by atoms with Gasteiger partial charge in [0.15, 0.2) is 0 Å². The molecule has 3 N–H and O–H groups in total. The van der Waals surface area contributed by atoms with Crippen LogP contribution in [0.15, 0.2) is 33.9 Å². The summed E-state index contributed by atoms with van der Waals surface area (Å²) in [5.74, 6) is -0.386. The Kier molecular flexibility index (Phi) is 5.33. The number of rotatable bonds is 6. The van der Waals surface area contributed by atoms with E-state index in [0.29, 0.717) is 10.9 Å². The lowest BCUT2D eigenvalue weighted by Crippen LogP contribution is -2.46. The molecule has 0 unspecified atom stereocenters. The second kappa shape index (κ2) is 7.23. The molecule has 2 rings (SSSR count). The van der Waals surface area contributed by atoms with Gasteiger partial charge in [-0.05, 0) is 18.1 Å². The summed E-state index contributed by atoms with van der Waals surface area (Å²) in [6, 6.07) is 6.23. The molecule has 124 valence electrons. The molecule has 1 aromatic carbocycles. The number of amides is 1. The zero-order valence-corrected chi connectivity index (χ0v) is 13.2. The lowest BCUT2D eigenvalue weighted by atomic mass is 10.00. The van der Waals surface area contributed by atoms with Gasteiger partial charge in [-0.15, -0.1) is 0 Å². The van der Waals surface area contributed by atoms with Gasteiger partial charge >= 0.3 is 5.69 Å². The summed E-state index contributed by atoms with van der Waals surface area (Å²) in [5, 5.41) is 12.4. The Morgan fingerprint density at radius 3 is 2.70 bits per heavy atom. The number of benzene rings is 1. The van der Waals surface area contributed by atoms with Crippen molar-refractivity contribution in [2.45, 2.75) is 32.9 Å². The SMILES string of the molecule is CC[C@@H](C)[C@H](CO)NC(=O)Cn1c(=O)[nH]c2ccccc2c1=O. The first-order valence-electron chi connectivity index (χ1n) is 7.60. The number of aliphatic hydroxyl groups is 1. The average Bonchev–Trinajstić information content (AvgIpc) is 2.55. The second-order valence-electron chi connectivity index (χ2n) is 5.61. The van der Waals surface area contributed by atoms with Gasteiger partial charge in [0, 0.05) is 0 Å². The fourth-order valence-electron chi connectivity index (χ4n) is 2.39. The zero-order chi connectivity index (χ0) is 17.0. The number of carbonyl (C=O) groups excluding carboxylic acids is 1. The largest absolute Gasteiger partial charge is 0.394 e. The molecule has 0 aliphatic rings. The highest BCUT2D eigenvalue weighted by Crippen LogP contribution is 2.07. The zero-order valence-electron chi connectivity index (χ0n) is 13.2. The van der Waals surface area contributed by atoms with Gasteiger partial charge in [-0.2, -0.15) is 0 Å². The van der Waals surface area contributed by atoms with Crippen LogP contribution in [0.25, 0.3) is 10.9 Å². The monoisotopic (exact) mass is 319 g/mol. The lowest BCUT2D eigenvalue weighted by Gasteiger charge is -2.22. The maximum absolute atomic E-state index is 12.3. The third kappa shape index (κ3) is 3.68. The standard InChI is InChI=1S/C16H21N3O4/c1-3-10(2)13(9-20)17-14(21)8-19-15(22)11-6-4-5-7-12(11)18-16(19)23/h4-7,10,13,20H,3,8-9H2,1-2H3,(H,17,21)(H,18,23)/t10-,13+/m1/s1. The van der Waals surface area contributed by atoms with E-state index >= 15 is 0 Å². The number of nitrogens with one attached hydrogen (secondary N) is 2. The van der Waals surface area contributed by atoms with Crippen LogP contribution in [0.3, 0.4) is 0 Å². The molecule has 0 aliphatic carbocycles. The number of para-hydroxylation sites is 1. The van der Waals surface area contributed by atoms with E-state index in [1.165, 1.54) is 0 Å². The van der Waals surface area contributed by atoms with Crippen molar-refractivity contribution in [3.63, 3.8) is 0 Å². The van der Waals surface area contributed by atoms with Crippen LogP contribution in [0.4, 0.5) is 0 Å². The quantitative estimate of drug-likeness (QED) is 0.708. The molecule has 2 aromatic rings. The molecule has 0 fully saturated rings. The van der Waals surface area contributed by atoms with Crippen LogP contribution in [0, 0.1) is 5.92 Å². The topological polar surface area (TPSA) is 104 Å². The van der Waals surface area contributed by atoms with Crippen LogP contribution in [0.2, 0.25) is 0 Å². The van der Waals surface area contributed by atoms with E-state index in [-0.39, 0.29) is 19.1 Å². The Morgan fingerprint density at radius 1 is 1.35 bits per heavy atom. The van der Waals surface area contributed by atoms with Gasteiger partial charge in [-0.25, -0.2) is 4.79 Å². The summed E-state index contributed by atoms with van der Waals surface area (Å²) < 4.78 is 0.864. The predicted octanol–water partition coefficient (Wildman–Crippen LogP) is 0.213. The Hall–Kier alpha value is -2.41. The molecule has 0 radical (unpaired) electrons. The molecule has 1 amide bonds. The fraction of sp³-hybridized carbons (Fsp3) is 0.438. The summed E-state index contributed by atoms with van der Waals surface area (Å²) >= 11 is 0. The molecule has 7 heteroatoms. The number of H-pyrrole nitrogens is 1. The minimum absolute atomic E-state index is 0.0931. The first-order valence-corrected chi connectivity index (χ1v) is 7.60. The Bertz CT molecular complexity index is 809. The highest BCUT2D eigenvalue weighted by molar-refractivity contribution is 5.79. The van der Waals surface area contributed by atoms with Gasteiger partial charge in [0.1, 0.15) is 6.54 Å². The predicted molar refractivity (Wildman–Crippen MR) is 87.3 cm³/mol. The summed E-state index contributed by atoms with van der Waals surface area (Å²) in [6.45, 7) is 3.30. The third-order valence-electron chi connectivity index (χ3n) is 4.07. The highest BCUT2D eigenvalue weighted by atomic mass is 16.3. The van der Waals surface area contributed by atoms with Crippen LogP contribution < -0.4 is 16.6 Å². The summed E-state index contributed by atoms with van der Waals surface area (Å²) in [5.41, 5.74) is -0.705. The minimum Gasteiger partial charge on any atom is -0.394 e. The van der Waals surface area contributed by atoms with Crippen molar-refractivity contribution in [3.8, 4) is 0 Å². The van der Waals surface area contributed by atoms with Crippen molar-refractivity contribution in [2.75, 3.05) is 6.61 Å². The van der Waals surface area contributed by atoms with Crippen LogP contribution in [-0.4, -0.2) is 33.2 Å². The van der Waals surface area contributed by atoms with Crippen LogP contribution >= 0.6 is 0 Å². The Labute approximate surface area is 133 Å². The van der Waals surface area contributed by atoms with Gasteiger partial charge in [0.2, 0.25) is 5.91 Å². The smallest absolute Gasteiger partial charge is 0.329 e. The maximum atomic E-state index is 12.3. The van der Waals surface area contributed by atoms with Crippen molar-refractivity contribution in [1.29, 1.82) is 0 Å². The number of aliphatic hydroxyl groups excluding tert-OH is 1. The van der Waals surface area contributed by atoms with Gasteiger partial charge < -0.3 is 15.4 Å². The molecular weight excluding hydrogens is 298 g/mol. The Morgan fingerprint density at radius 2 is 2.04 bits per heavy atom. The van der Waals surface area contributed by atoms with E-state index < -0.39 is 23.2 Å². The fourth-order valence-corrected chi connectivity index (χ4v) is 2.39. The van der Waals surface area contributed by atoms with E-state index in [9.17, 15) is 19.5 Å². The molecule has 1 aromatic heterocycles. The number of carbonyl (C=O) groups is 1. The molecule has 23 heavy (non-hydrogen) atoms. The third-order valence-corrected chi connectivity index (χ3v) is 4.07. The molecule has 0 aliphatic heterocycles. The molecule has 0 spiro atoms. The van der Waals surface area contributed by atoms with Gasteiger partial charge in [-0.1, -0.05) is 32.4 Å². The number of nitrogens with zero attached hydrogens (tertiary/aromatic N) is 1. The molecule has 0 saturated carbocycles. The Balaban J connectivity index is 2.26. The number of hydrogen-bond donors (Lipinski definition) is 3. The molecule has 1 heterocycles. The van der Waals surface area contributed by atoms with Crippen molar-refractivity contribution in [1.82, 2.24) is 14.9 Å². The van der Waals surface area contributed by atoms with Crippen molar-refractivity contribution in [2.24, 2.45) is 5.92 Å². The summed E-state index contributed by atoms with van der Waals surface area (Å²) in [4.78, 5) is 39.0. The molecule has 2 atom stereocenters. The summed E-state index contributed by atoms with van der Waals surface area (Å²) in [7, 11) is 0. The van der Waals surface area contributed by atoms with Gasteiger partial charge in [-0.3, -0.25) is 14.2 Å². The minimum atomic E-state index is -0.632. The number of aromatic nitrogens is 2. The summed E-state index contributed by atoms with van der Waals surface area (Å²) in [6.07, 6.45) is 0.794. The molecule has 0 bridgehead atoms. The van der Waals surface area contributed by atoms with E-state index in [1.807, 2.05) is 13.8 Å². The van der Waals surface area contributed by atoms with Gasteiger partial charge in [0.05, 0.1) is 23.6 Å². The van der Waals surface area contributed by atoms with E-state index in [2.05, 4.69) is 10.3 Å². The number of hydrogen-bond acceptors (Lipinski definition) is 4. The van der Waals surface area contributed by atoms with Crippen molar-refractivity contribution in [3.05, 3.63) is 45.1 Å². The van der Waals surface area contributed by atoms with Gasteiger partial charge in [0.25, 0.3) is 5.56 Å². The van der Waals surface area contributed by atoms with E-state index in [4.69, 9.17) is 0 Å². The average molecular weight is 319 g/mol. The van der Waals surface area contributed by atoms with E-state index in [1.54, 1.807) is 24.3 Å². The van der Waals surface area contributed by atoms with Crippen LogP contribution in [0.5, 0.6) is 0 Å². The number of aromatic amines is 1. The molecule has 0 saturated heterocycles. The molecule has 7 nitrogen and oxygen atoms in total. The highest BCUT2D eigenvalue weighted by Gasteiger charge is 2.18. The maximum Gasteiger partial charge on any atom is 0.329 e. The van der Waals surface area contributed by atoms with Crippen LogP contribution in [0.1, 0.15) is 20.3 Å². The number of fused-ring (bicyclic) bond motifs is 1. The normalized spacial score (nSPS) is 13.7.